The molecule has 2 aromatic carbocycles. The third kappa shape index (κ3) is 4.29. The van der Waals surface area contributed by atoms with E-state index in [-0.39, 0.29) is 10.0 Å². The Labute approximate surface area is 139 Å². The van der Waals surface area contributed by atoms with Gasteiger partial charge in [-0.25, -0.2) is 0 Å². The first kappa shape index (κ1) is 16.9. The standard InChI is InChI=1S/C14H8Cl3F3N2/c15-10-5-11(16)13(12(17)6-10)22-21-7-8-1-3-9(4-2-8)14(18,19)20/h1-7,22H/b21-7+. The number of hydrogen-bond donors (Lipinski definition) is 1. The predicted molar refractivity (Wildman–Crippen MR) is 84.1 cm³/mol. The molecule has 0 amide bonds. The first-order chi connectivity index (χ1) is 10.3. The Kier molecular flexibility index (Phi) is 5.21. The highest BCUT2D eigenvalue weighted by atomic mass is 35.5. The summed E-state index contributed by atoms with van der Waals surface area (Å²) in [6, 6.07) is 7.54. The summed E-state index contributed by atoms with van der Waals surface area (Å²) < 4.78 is 37.3. The van der Waals surface area contributed by atoms with E-state index in [1.54, 1.807) is 0 Å². The van der Waals surface area contributed by atoms with E-state index in [2.05, 4.69) is 10.5 Å². The summed E-state index contributed by atoms with van der Waals surface area (Å²) in [7, 11) is 0. The first-order valence-electron chi connectivity index (χ1n) is 5.88. The van der Waals surface area contributed by atoms with E-state index in [1.165, 1.54) is 30.5 Å². The average Bonchev–Trinajstić information content (AvgIpc) is 2.41. The number of rotatable bonds is 3. The number of halogens is 6. The van der Waals surface area contributed by atoms with Gasteiger partial charge in [0.05, 0.1) is 27.5 Å². The molecule has 2 aromatic rings. The van der Waals surface area contributed by atoms with E-state index < -0.39 is 11.7 Å². The summed E-state index contributed by atoms with van der Waals surface area (Å²) in [6.45, 7) is 0. The van der Waals surface area contributed by atoms with Gasteiger partial charge in [0.25, 0.3) is 0 Å². The van der Waals surface area contributed by atoms with E-state index in [9.17, 15) is 13.2 Å². The molecule has 2 rings (SSSR count). The van der Waals surface area contributed by atoms with Crippen LogP contribution < -0.4 is 5.43 Å². The van der Waals surface area contributed by atoms with Gasteiger partial charge in [-0.15, -0.1) is 0 Å². The fourth-order valence-electron chi connectivity index (χ4n) is 1.58. The highest BCUT2D eigenvalue weighted by Crippen LogP contribution is 2.33. The number of hydrazone groups is 1. The van der Waals surface area contributed by atoms with Gasteiger partial charge in [-0.2, -0.15) is 18.3 Å². The van der Waals surface area contributed by atoms with Gasteiger partial charge in [-0.05, 0) is 29.8 Å². The fourth-order valence-corrected chi connectivity index (χ4v) is 2.48. The van der Waals surface area contributed by atoms with Gasteiger partial charge in [0, 0.05) is 5.02 Å². The van der Waals surface area contributed by atoms with Crippen molar-refractivity contribution < 1.29 is 13.2 Å². The summed E-state index contributed by atoms with van der Waals surface area (Å²) in [5.41, 5.74) is 2.75. The van der Waals surface area contributed by atoms with E-state index in [0.29, 0.717) is 16.3 Å². The minimum absolute atomic E-state index is 0.280. The van der Waals surface area contributed by atoms with Crippen molar-refractivity contribution in [2.24, 2.45) is 5.10 Å². The van der Waals surface area contributed by atoms with Crippen LogP contribution in [0.3, 0.4) is 0 Å². The van der Waals surface area contributed by atoms with Crippen molar-refractivity contribution in [3.05, 3.63) is 62.6 Å². The number of benzene rings is 2. The summed E-state index contributed by atoms with van der Waals surface area (Å²) in [5.74, 6) is 0. The van der Waals surface area contributed by atoms with E-state index in [4.69, 9.17) is 34.8 Å². The molecule has 0 atom stereocenters. The Bertz CT molecular complexity index is 674. The van der Waals surface area contributed by atoms with Crippen LogP contribution in [-0.4, -0.2) is 6.21 Å². The summed E-state index contributed by atoms with van der Waals surface area (Å²) in [4.78, 5) is 0. The van der Waals surface area contributed by atoms with Crippen LogP contribution in [0.15, 0.2) is 41.5 Å². The monoisotopic (exact) mass is 366 g/mol. The molecule has 0 fully saturated rings. The molecule has 0 bridgehead atoms. The van der Waals surface area contributed by atoms with Gasteiger partial charge >= 0.3 is 6.18 Å². The molecule has 0 saturated carbocycles. The summed E-state index contributed by atoms with van der Waals surface area (Å²) in [5, 5.41) is 4.83. The molecule has 0 spiro atoms. The van der Waals surface area contributed by atoms with Crippen LogP contribution in [0.4, 0.5) is 18.9 Å². The summed E-state index contributed by atoms with van der Waals surface area (Å²) in [6.07, 6.45) is -3.01. The number of nitrogens with one attached hydrogen (secondary N) is 1. The highest BCUT2D eigenvalue weighted by Gasteiger charge is 2.29. The molecule has 0 radical (unpaired) electrons. The van der Waals surface area contributed by atoms with Crippen LogP contribution in [0.5, 0.6) is 0 Å². The Morgan fingerprint density at radius 2 is 1.50 bits per heavy atom. The van der Waals surface area contributed by atoms with Crippen LogP contribution in [-0.2, 0) is 6.18 Å². The third-order valence-electron chi connectivity index (χ3n) is 2.63. The second-order valence-electron chi connectivity index (χ2n) is 4.23. The molecule has 0 unspecified atom stereocenters. The minimum Gasteiger partial charge on any atom is -0.275 e. The largest absolute Gasteiger partial charge is 0.416 e. The fraction of sp³-hybridized carbons (Fsp3) is 0.0714. The first-order valence-corrected chi connectivity index (χ1v) is 7.01. The second kappa shape index (κ2) is 6.77. The molecule has 0 aliphatic heterocycles. The number of alkyl halides is 3. The number of nitrogens with zero attached hydrogens (tertiary/aromatic N) is 1. The van der Waals surface area contributed by atoms with Crippen LogP contribution >= 0.6 is 34.8 Å². The predicted octanol–water partition coefficient (Wildman–Crippen LogP) is 6.11. The van der Waals surface area contributed by atoms with E-state index in [0.717, 1.165) is 12.1 Å². The van der Waals surface area contributed by atoms with Gasteiger partial charge in [-0.1, -0.05) is 46.9 Å². The van der Waals surface area contributed by atoms with Crippen molar-refractivity contribution in [2.45, 2.75) is 6.18 Å². The molecular formula is C14H8Cl3F3N2. The van der Waals surface area contributed by atoms with E-state index >= 15 is 0 Å². The van der Waals surface area contributed by atoms with Gasteiger partial charge in [0.2, 0.25) is 0 Å². The lowest BCUT2D eigenvalue weighted by molar-refractivity contribution is -0.137. The van der Waals surface area contributed by atoms with Crippen molar-refractivity contribution in [1.29, 1.82) is 0 Å². The maximum absolute atomic E-state index is 12.4. The molecule has 22 heavy (non-hydrogen) atoms. The summed E-state index contributed by atoms with van der Waals surface area (Å²) >= 11 is 17.7. The van der Waals surface area contributed by atoms with Crippen LogP contribution in [0, 0.1) is 0 Å². The lowest BCUT2D eigenvalue weighted by Gasteiger charge is -2.07. The minimum atomic E-state index is -4.36. The zero-order chi connectivity index (χ0) is 16.3. The Morgan fingerprint density at radius 1 is 0.955 bits per heavy atom. The number of anilines is 1. The number of hydrogen-bond acceptors (Lipinski definition) is 2. The SMILES string of the molecule is FC(F)(F)c1ccc(/C=N/Nc2c(Cl)cc(Cl)cc2Cl)cc1. The molecule has 0 heterocycles. The highest BCUT2D eigenvalue weighted by molar-refractivity contribution is 6.41. The lowest BCUT2D eigenvalue weighted by atomic mass is 10.1. The maximum Gasteiger partial charge on any atom is 0.416 e. The smallest absolute Gasteiger partial charge is 0.275 e. The molecule has 0 aromatic heterocycles. The lowest BCUT2D eigenvalue weighted by Crippen LogP contribution is -2.04. The quantitative estimate of drug-likeness (QED) is 0.513. The normalized spacial score (nSPS) is 11.9. The molecule has 0 aliphatic rings. The zero-order valence-corrected chi connectivity index (χ0v) is 13.0. The van der Waals surface area contributed by atoms with Gasteiger partial charge < -0.3 is 0 Å². The molecular weight excluding hydrogens is 360 g/mol. The molecule has 2 nitrogen and oxygen atoms in total. The third-order valence-corrected chi connectivity index (χ3v) is 3.45. The van der Waals surface area contributed by atoms with Crippen LogP contribution in [0.25, 0.3) is 0 Å². The average molecular weight is 368 g/mol. The van der Waals surface area contributed by atoms with Crippen molar-refractivity contribution in [1.82, 2.24) is 0 Å². The van der Waals surface area contributed by atoms with Crippen molar-refractivity contribution in [2.75, 3.05) is 5.43 Å². The molecule has 116 valence electrons. The Balaban J connectivity index is 2.10. The van der Waals surface area contributed by atoms with E-state index in [1.807, 2.05) is 0 Å². The topological polar surface area (TPSA) is 24.4 Å². The molecule has 0 aliphatic carbocycles. The van der Waals surface area contributed by atoms with Crippen LogP contribution in [0.2, 0.25) is 15.1 Å². The molecule has 1 N–H and O–H groups in total. The maximum atomic E-state index is 12.4. The van der Waals surface area contributed by atoms with Gasteiger partial charge in [0.1, 0.15) is 0 Å². The molecule has 0 saturated heterocycles. The van der Waals surface area contributed by atoms with Gasteiger partial charge in [-0.3, -0.25) is 5.43 Å². The van der Waals surface area contributed by atoms with Crippen molar-refractivity contribution in [3.63, 3.8) is 0 Å². The van der Waals surface area contributed by atoms with Gasteiger partial charge in [0.15, 0.2) is 0 Å². The van der Waals surface area contributed by atoms with Crippen molar-refractivity contribution in [3.8, 4) is 0 Å². The van der Waals surface area contributed by atoms with Crippen molar-refractivity contribution >= 4 is 46.7 Å². The van der Waals surface area contributed by atoms with Crippen LogP contribution in [0.1, 0.15) is 11.1 Å². The second-order valence-corrected chi connectivity index (χ2v) is 5.49. The molecule has 8 heteroatoms. The Hall–Kier alpha value is -1.43. The zero-order valence-electron chi connectivity index (χ0n) is 10.8. The Morgan fingerprint density at radius 3 is 2.00 bits per heavy atom.